The Balaban J connectivity index is 1.99. The molecule has 1 atom stereocenters. The summed E-state index contributed by atoms with van der Waals surface area (Å²) in [5, 5.41) is 14.5. The number of carbonyl (C=O) groups excluding carboxylic acids is 1. The number of halogens is 1. The van der Waals surface area contributed by atoms with Crippen molar-refractivity contribution in [3.05, 3.63) is 58.9 Å². The highest BCUT2D eigenvalue weighted by Crippen LogP contribution is 2.20. The van der Waals surface area contributed by atoms with Crippen LogP contribution in [0.2, 0.25) is 5.02 Å². The second-order valence-electron chi connectivity index (χ2n) is 4.38. The first-order chi connectivity index (χ1) is 10.1. The minimum Gasteiger partial charge on any atom is -0.330 e. The molecule has 0 fully saturated rings. The van der Waals surface area contributed by atoms with Crippen molar-refractivity contribution in [1.82, 2.24) is 10.3 Å². The van der Waals surface area contributed by atoms with Crippen LogP contribution in [0.5, 0.6) is 0 Å². The van der Waals surface area contributed by atoms with Gasteiger partial charge in [0.25, 0.3) is 0 Å². The smallest absolute Gasteiger partial charge is 0.319 e. The lowest BCUT2D eigenvalue weighted by atomic mass is 10.2. The van der Waals surface area contributed by atoms with Crippen molar-refractivity contribution in [3.8, 4) is 6.07 Å². The van der Waals surface area contributed by atoms with Crippen LogP contribution in [0.15, 0.2) is 42.6 Å². The summed E-state index contributed by atoms with van der Waals surface area (Å²) in [5.74, 6) is 0. The minimum absolute atomic E-state index is 0.222. The maximum atomic E-state index is 11.9. The second kappa shape index (κ2) is 6.73. The van der Waals surface area contributed by atoms with Crippen LogP contribution in [0.25, 0.3) is 0 Å². The molecule has 0 radical (unpaired) electrons. The highest BCUT2D eigenvalue weighted by molar-refractivity contribution is 6.32. The molecular formula is C15H13ClN4O. The molecule has 0 aliphatic heterocycles. The number of urea groups is 1. The Morgan fingerprint density at radius 3 is 2.81 bits per heavy atom. The fourth-order valence-corrected chi connectivity index (χ4v) is 1.98. The van der Waals surface area contributed by atoms with Gasteiger partial charge in [0.15, 0.2) is 0 Å². The number of rotatable bonds is 3. The quantitative estimate of drug-likeness (QED) is 0.910. The van der Waals surface area contributed by atoms with Crippen LogP contribution in [0.3, 0.4) is 0 Å². The van der Waals surface area contributed by atoms with E-state index in [-0.39, 0.29) is 12.1 Å². The number of nitrogens with one attached hydrogen (secondary N) is 2. The van der Waals surface area contributed by atoms with Crippen LogP contribution in [0.4, 0.5) is 10.5 Å². The van der Waals surface area contributed by atoms with Gasteiger partial charge in [-0.25, -0.2) is 4.79 Å². The van der Waals surface area contributed by atoms with Gasteiger partial charge >= 0.3 is 6.03 Å². The lowest BCUT2D eigenvalue weighted by Crippen LogP contribution is -2.31. The molecule has 6 heteroatoms. The molecule has 0 aliphatic rings. The van der Waals surface area contributed by atoms with Gasteiger partial charge in [-0.15, -0.1) is 0 Å². The van der Waals surface area contributed by atoms with Crippen LogP contribution >= 0.6 is 11.6 Å². The summed E-state index contributed by atoms with van der Waals surface area (Å²) in [5.41, 5.74) is 1.65. The van der Waals surface area contributed by atoms with E-state index in [9.17, 15) is 4.79 Å². The zero-order valence-electron chi connectivity index (χ0n) is 11.3. The van der Waals surface area contributed by atoms with Crippen molar-refractivity contribution in [1.29, 1.82) is 5.26 Å². The molecule has 5 nitrogen and oxygen atoms in total. The predicted molar refractivity (Wildman–Crippen MR) is 81.0 cm³/mol. The fraction of sp³-hybridized carbons (Fsp3) is 0.133. The molecule has 0 unspecified atom stereocenters. The summed E-state index contributed by atoms with van der Waals surface area (Å²) in [7, 11) is 0. The first-order valence-electron chi connectivity index (χ1n) is 6.28. The van der Waals surface area contributed by atoms with Crippen LogP contribution in [-0.4, -0.2) is 11.0 Å². The minimum atomic E-state index is -0.367. The maximum Gasteiger partial charge on any atom is 0.319 e. The molecule has 1 heterocycles. The van der Waals surface area contributed by atoms with E-state index >= 15 is 0 Å². The van der Waals surface area contributed by atoms with Crippen LogP contribution in [0, 0.1) is 11.3 Å². The summed E-state index contributed by atoms with van der Waals surface area (Å²) in [4.78, 5) is 16.1. The van der Waals surface area contributed by atoms with Crippen LogP contribution in [-0.2, 0) is 0 Å². The van der Waals surface area contributed by atoms with Crippen LogP contribution in [0.1, 0.15) is 24.2 Å². The largest absolute Gasteiger partial charge is 0.330 e. The van der Waals surface area contributed by atoms with E-state index in [1.165, 1.54) is 6.07 Å². The van der Waals surface area contributed by atoms with Crippen molar-refractivity contribution in [2.75, 3.05) is 5.32 Å². The average molecular weight is 301 g/mol. The Hall–Kier alpha value is -2.58. The normalized spacial score (nSPS) is 11.3. The van der Waals surface area contributed by atoms with Crippen molar-refractivity contribution < 1.29 is 4.79 Å². The maximum absolute atomic E-state index is 11.9. The van der Waals surface area contributed by atoms with E-state index in [4.69, 9.17) is 16.9 Å². The van der Waals surface area contributed by atoms with Crippen LogP contribution < -0.4 is 10.6 Å². The zero-order valence-corrected chi connectivity index (χ0v) is 12.1. The number of amides is 2. The monoisotopic (exact) mass is 300 g/mol. The Kier molecular flexibility index (Phi) is 4.75. The summed E-state index contributed by atoms with van der Waals surface area (Å²) in [6, 6.07) is 11.6. The number of aromatic nitrogens is 1. The lowest BCUT2D eigenvalue weighted by molar-refractivity contribution is 0.249. The molecule has 2 aromatic rings. The molecule has 0 bridgehead atoms. The molecular weight excluding hydrogens is 288 g/mol. The Morgan fingerprint density at radius 2 is 2.19 bits per heavy atom. The molecule has 0 saturated heterocycles. The molecule has 21 heavy (non-hydrogen) atoms. The molecule has 106 valence electrons. The molecule has 2 rings (SSSR count). The van der Waals surface area contributed by atoms with Gasteiger partial charge in [0.05, 0.1) is 22.3 Å². The zero-order chi connectivity index (χ0) is 15.2. The molecule has 1 aromatic carbocycles. The van der Waals surface area contributed by atoms with Gasteiger partial charge < -0.3 is 10.6 Å². The second-order valence-corrected chi connectivity index (χ2v) is 4.79. The van der Waals surface area contributed by atoms with E-state index in [1.807, 2.05) is 31.2 Å². The molecule has 2 N–H and O–H groups in total. The number of hydrogen-bond acceptors (Lipinski definition) is 3. The van der Waals surface area contributed by atoms with Crippen molar-refractivity contribution in [3.63, 3.8) is 0 Å². The first kappa shape index (κ1) is 14.8. The van der Waals surface area contributed by atoms with E-state index in [2.05, 4.69) is 15.6 Å². The third-order valence-electron chi connectivity index (χ3n) is 2.83. The van der Waals surface area contributed by atoms with E-state index in [1.54, 1.807) is 18.3 Å². The number of nitrogens with zero attached hydrogens (tertiary/aromatic N) is 2. The summed E-state index contributed by atoms with van der Waals surface area (Å²) >= 11 is 5.91. The number of pyridine rings is 1. The first-order valence-corrected chi connectivity index (χ1v) is 6.66. The summed E-state index contributed by atoms with van der Waals surface area (Å²) in [6.45, 7) is 1.84. The molecule has 0 aliphatic carbocycles. The average Bonchev–Trinajstić information content (AvgIpc) is 2.48. The van der Waals surface area contributed by atoms with Gasteiger partial charge in [-0.2, -0.15) is 5.26 Å². The van der Waals surface area contributed by atoms with Gasteiger partial charge in [-0.3, -0.25) is 4.98 Å². The Bertz CT molecular complexity index is 682. The highest BCUT2D eigenvalue weighted by Gasteiger charge is 2.10. The number of hydrogen-bond donors (Lipinski definition) is 2. The lowest BCUT2D eigenvalue weighted by Gasteiger charge is -2.14. The topological polar surface area (TPSA) is 77.8 Å². The molecule has 0 spiro atoms. The standard InChI is InChI=1S/C15H13ClN4O/c1-10(14-4-2-3-7-18-14)19-15(21)20-12-6-5-11(9-17)13(16)8-12/h2-8,10H,1H3,(H2,19,20,21)/t10-/m0/s1. The van der Waals surface area contributed by atoms with Gasteiger partial charge in [-0.05, 0) is 37.3 Å². The van der Waals surface area contributed by atoms with Crippen molar-refractivity contribution in [2.45, 2.75) is 13.0 Å². The SMILES string of the molecule is C[C@H](NC(=O)Nc1ccc(C#N)c(Cl)c1)c1ccccn1. The third kappa shape index (κ3) is 3.94. The van der Waals surface area contributed by atoms with Gasteiger partial charge in [0, 0.05) is 11.9 Å². The van der Waals surface area contributed by atoms with E-state index < -0.39 is 0 Å². The van der Waals surface area contributed by atoms with Gasteiger partial charge in [-0.1, -0.05) is 17.7 Å². The summed E-state index contributed by atoms with van der Waals surface area (Å²) < 4.78 is 0. The third-order valence-corrected chi connectivity index (χ3v) is 3.14. The van der Waals surface area contributed by atoms with Gasteiger partial charge in [0.1, 0.15) is 6.07 Å². The Labute approximate surface area is 127 Å². The Morgan fingerprint density at radius 1 is 1.38 bits per heavy atom. The molecule has 2 amide bonds. The van der Waals surface area contributed by atoms with E-state index in [0.717, 1.165) is 5.69 Å². The number of anilines is 1. The van der Waals surface area contributed by atoms with E-state index in [0.29, 0.717) is 16.3 Å². The number of benzene rings is 1. The molecule has 0 saturated carbocycles. The number of carbonyl (C=O) groups is 1. The van der Waals surface area contributed by atoms with Gasteiger partial charge in [0.2, 0.25) is 0 Å². The molecule has 1 aromatic heterocycles. The fourth-order valence-electron chi connectivity index (χ4n) is 1.75. The van der Waals surface area contributed by atoms with Crippen molar-refractivity contribution >= 4 is 23.3 Å². The highest BCUT2D eigenvalue weighted by atomic mass is 35.5. The van der Waals surface area contributed by atoms with Crippen molar-refractivity contribution in [2.24, 2.45) is 0 Å². The predicted octanol–water partition coefficient (Wildman–Crippen LogP) is 3.49. The number of nitriles is 1. The summed E-state index contributed by atoms with van der Waals surface area (Å²) in [6.07, 6.45) is 1.67.